The Labute approximate surface area is 150 Å². The maximum absolute atomic E-state index is 12.7. The summed E-state index contributed by atoms with van der Waals surface area (Å²) in [6.07, 6.45) is 0. The zero-order valence-electron chi connectivity index (χ0n) is 14.3. The van der Waals surface area contributed by atoms with Crippen molar-refractivity contribution in [3.63, 3.8) is 0 Å². The largest absolute Gasteiger partial charge is 0.491 e. The van der Waals surface area contributed by atoms with Gasteiger partial charge in [-0.3, -0.25) is 9.36 Å². The molecule has 6 heteroatoms. The normalized spacial score (nSPS) is 11.1. The Morgan fingerprint density at radius 1 is 1.24 bits per heavy atom. The minimum absolute atomic E-state index is 0.0396. The van der Waals surface area contributed by atoms with E-state index in [1.807, 2.05) is 26.0 Å². The molecular formula is C19H19ClN2O3. The van der Waals surface area contributed by atoms with E-state index in [4.69, 9.17) is 21.4 Å². The minimum Gasteiger partial charge on any atom is -0.491 e. The zero-order valence-corrected chi connectivity index (χ0v) is 15.1. The van der Waals surface area contributed by atoms with Gasteiger partial charge in [0.2, 0.25) is 0 Å². The third-order valence-electron chi connectivity index (χ3n) is 4.11. The van der Waals surface area contributed by atoms with Crippen molar-refractivity contribution >= 4 is 22.5 Å². The van der Waals surface area contributed by atoms with Gasteiger partial charge in [-0.2, -0.15) is 0 Å². The molecule has 0 aliphatic rings. The van der Waals surface area contributed by atoms with Crippen molar-refractivity contribution in [2.24, 2.45) is 7.05 Å². The molecule has 1 aromatic heterocycles. The van der Waals surface area contributed by atoms with E-state index in [2.05, 4.69) is 4.98 Å². The van der Waals surface area contributed by atoms with Gasteiger partial charge in [-0.25, -0.2) is 4.98 Å². The van der Waals surface area contributed by atoms with Gasteiger partial charge in [-0.15, -0.1) is 0 Å². The van der Waals surface area contributed by atoms with E-state index in [1.54, 1.807) is 25.2 Å². The molecule has 0 radical (unpaired) electrons. The van der Waals surface area contributed by atoms with Crippen molar-refractivity contribution in [2.45, 2.75) is 13.8 Å². The Morgan fingerprint density at radius 3 is 2.56 bits per heavy atom. The molecule has 0 aliphatic carbocycles. The van der Waals surface area contributed by atoms with Gasteiger partial charge in [0.05, 0.1) is 22.5 Å². The first kappa shape index (κ1) is 17.5. The highest BCUT2D eigenvalue weighted by Crippen LogP contribution is 2.30. The van der Waals surface area contributed by atoms with E-state index >= 15 is 0 Å². The molecule has 0 fully saturated rings. The smallest absolute Gasteiger partial charge is 0.262 e. The first-order valence-corrected chi connectivity index (χ1v) is 8.32. The van der Waals surface area contributed by atoms with Gasteiger partial charge in [-0.05, 0) is 49.2 Å². The molecule has 1 heterocycles. The van der Waals surface area contributed by atoms with Gasteiger partial charge in [-0.1, -0.05) is 17.7 Å². The van der Waals surface area contributed by atoms with Crippen molar-refractivity contribution in [3.05, 3.63) is 56.8 Å². The van der Waals surface area contributed by atoms with Crippen molar-refractivity contribution in [1.82, 2.24) is 9.55 Å². The first-order chi connectivity index (χ1) is 11.9. The molecule has 0 unspecified atom stereocenters. The predicted octanol–water partition coefficient (Wildman–Crippen LogP) is 3.24. The number of nitrogens with zero attached hydrogens (tertiary/aromatic N) is 2. The quantitative estimate of drug-likeness (QED) is 0.777. The van der Waals surface area contributed by atoms with Crippen LogP contribution in [0.4, 0.5) is 0 Å². The molecule has 1 N–H and O–H groups in total. The maximum atomic E-state index is 12.7. The molecule has 130 valence electrons. The van der Waals surface area contributed by atoms with Crippen molar-refractivity contribution in [1.29, 1.82) is 0 Å². The van der Waals surface area contributed by atoms with Crippen LogP contribution in [0.25, 0.3) is 22.3 Å². The lowest BCUT2D eigenvalue weighted by atomic mass is 10.0. The number of aromatic nitrogens is 2. The van der Waals surface area contributed by atoms with Crippen molar-refractivity contribution in [2.75, 3.05) is 13.2 Å². The van der Waals surface area contributed by atoms with E-state index < -0.39 is 0 Å². The summed E-state index contributed by atoms with van der Waals surface area (Å²) in [4.78, 5) is 17.3. The average molecular weight is 359 g/mol. The third-order valence-corrected chi connectivity index (χ3v) is 4.43. The van der Waals surface area contributed by atoms with E-state index in [0.717, 1.165) is 22.4 Å². The van der Waals surface area contributed by atoms with E-state index in [9.17, 15) is 4.79 Å². The molecule has 0 amide bonds. The van der Waals surface area contributed by atoms with Gasteiger partial charge in [0, 0.05) is 12.6 Å². The monoisotopic (exact) mass is 358 g/mol. The standard InChI is InChI=1S/C19H19ClN2O3/c1-11-9-13(10-12(2)17(11)25-8-7-23)18-21-15-6-4-5-14(20)16(15)19(24)22(18)3/h4-6,9-10,23H,7-8H2,1-3H3. The predicted molar refractivity (Wildman–Crippen MR) is 99.5 cm³/mol. The second kappa shape index (κ2) is 6.86. The zero-order chi connectivity index (χ0) is 18.1. The molecular weight excluding hydrogens is 340 g/mol. The fraction of sp³-hybridized carbons (Fsp3) is 0.263. The molecule has 3 rings (SSSR count). The molecule has 0 saturated carbocycles. The van der Waals surface area contributed by atoms with Crippen molar-refractivity contribution in [3.8, 4) is 17.1 Å². The maximum Gasteiger partial charge on any atom is 0.262 e. The van der Waals surface area contributed by atoms with Gasteiger partial charge in [0.15, 0.2) is 0 Å². The van der Waals surface area contributed by atoms with Gasteiger partial charge < -0.3 is 9.84 Å². The number of ether oxygens (including phenoxy) is 1. The van der Waals surface area contributed by atoms with Crippen LogP contribution in [0.2, 0.25) is 5.02 Å². The highest BCUT2D eigenvalue weighted by molar-refractivity contribution is 6.35. The lowest BCUT2D eigenvalue weighted by Gasteiger charge is -2.15. The van der Waals surface area contributed by atoms with Gasteiger partial charge in [0.1, 0.15) is 18.2 Å². The van der Waals surface area contributed by atoms with Crippen LogP contribution in [-0.4, -0.2) is 27.9 Å². The molecule has 0 aliphatic heterocycles. The summed E-state index contributed by atoms with van der Waals surface area (Å²) in [6, 6.07) is 9.11. The van der Waals surface area contributed by atoms with E-state index in [-0.39, 0.29) is 18.8 Å². The summed E-state index contributed by atoms with van der Waals surface area (Å²) in [6.45, 7) is 4.06. The lowest BCUT2D eigenvalue weighted by Crippen LogP contribution is -2.20. The molecule has 0 saturated heterocycles. The van der Waals surface area contributed by atoms with Gasteiger partial charge in [0.25, 0.3) is 5.56 Å². The van der Waals surface area contributed by atoms with Gasteiger partial charge >= 0.3 is 0 Å². The molecule has 0 bridgehead atoms. The summed E-state index contributed by atoms with van der Waals surface area (Å²) >= 11 is 6.16. The number of hydrogen-bond donors (Lipinski definition) is 1. The summed E-state index contributed by atoms with van der Waals surface area (Å²) in [7, 11) is 1.69. The Bertz CT molecular complexity index is 988. The van der Waals surface area contributed by atoms with Crippen LogP contribution in [0.1, 0.15) is 11.1 Å². The molecule has 2 aromatic carbocycles. The fourth-order valence-electron chi connectivity index (χ4n) is 2.98. The Morgan fingerprint density at radius 2 is 1.92 bits per heavy atom. The Balaban J connectivity index is 2.20. The summed E-state index contributed by atoms with van der Waals surface area (Å²) in [5, 5.41) is 9.77. The van der Waals surface area contributed by atoms with Crippen LogP contribution in [-0.2, 0) is 7.05 Å². The highest BCUT2D eigenvalue weighted by atomic mass is 35.5. The van der Waals surface area contributed by atoms with Crippen LogP contribution in [0, 0.1) is 13.8 Å². The number of aliphatic hydroxyl groups is 1. The van der Waals surface area contributed by atoms with Crippen LogP contribution in [0.5, 0.6) is 5.75 Å². The number of benzene rings is 2. The van der Waals surface area contributed by atoms with E-state index in [1.165, 1.54) is 4.57 Å². The number of rotatable bonds is 4. The summed E-state index contributed by atoms with van der Waals surface area (Å²) in [5.74, 6) is 1.31. The fourth-order valence-corrected chi connectivity index (χ4v) is 3.23. The molecule has 25 heavy (non-hydrogen) atoms. The van der Waals surface area contributed by atoms with E-state index in [0.29, 0.717) is 21.7 Å². The number of hydrogen-bond acceptors (Lipinski definition) is 4. The Hall–Kier alpha value is -2.37. The van der Waals surface area contributed by atoms with Crippen LogP contribution in [0.15, 0.2) is 35.1 Å². The topological polar surface area (TPSA) is 64.4 Å². The van der Waals surface area contributed by atoms with Crippen LogP contribution in [0.3, 0.4) is 0 Å². The molecule has 3 aromatic rings. The highest BCUT2D eigenvalue weighted by Gasteiger charge is 2.15. The van der Waals surface area contributed by atoms with Crippen LogP contribution >= 0.6 is 11.6 Å². The first-order valence-electron chi connectivity index (χ1n) is 7.94. The number of aliphatic hydroxyl groups excluding tert-OH is 1. The minimum atomic E-state index is -0.179. The summed E-state index contributed by atoms with van der Waals surface area (Å²) < 4.78 is 7.10. The molecule has 0 atom stereocenters. The average Bonchev–Trinajstić information content (AvgIpc) is 2.57. The summed E-state index contributed by atoms with van der Waals surface area (Å²) in [5.41, 5.74) is 3.06. The second-order valence-electron chi connectivity index (χ2n) is 5.94. The molecule has 0 spiro atoms. The number of fused-ring (bicyclic) bond motifs is 1. The number of halogens is 1. The Kier molecular flexibility index (Phi) is 4.79. The third kappa shape index (κ3) is 3.13. The second-order valence-corrected chi connectivity index (χ2v) is 6.35. The van der Waals surface area contributed by atoms with Crippen LogP contribution < -0.4 is 10.3 Å². The lowest BCUT2D eigenvalue weighted by molar-refractivity contribution is 0.200. The SMILES string of the molecule is Cc1cc(-c2nc3cccc(Cl)c3c(=O)n2C)cc(C)c1OCCO. The number of aryl methyl sites for hydroxylation is 2. The van der Waals surface area contributed by atoms with Crippen molar-refractivity contribution < 1.29 is 9.84 Å². The molecule has 5 nitrogen and oxygen atoms in total.